The summed E-state index contributed by atoms with van der Waals surface area (Å²) in [5.41, 5.74) is 0. The predicted octanol–water partition coefficient (Wildman–Crippen LogP) is 1.10. The summed E-state index contributed by atoms with van der Waals surface area (Å²) >= 11 is 0. The highest BCUT2D eigenvalue weighted by Gasteiger charge is 2.42. The molecule has 0 aliphatic heterocycles. The molecule has 0 aliphatic carbocycles. The van der Waals surface area contributed by atoms with Crippen LogP contribution >= 0.6 is 10.7 Å². The first kappa shape index (κ1) is 14.2. The average molecular weight is 274 g/mol. The molecular formula is C4H4ClF4NO4S. The van der Waals surface area contributed by atoms with Crippen LogP contribution in [0.3, 0.4) is 0 Å². The van der Waals surface area contributed by atoms with Crippen molar-refractivity contribution >= 4 is 26.0 Å². The minimum atomic E-state index is -4.55. The average Bonchev–Trinajstić information content (AvgIpc) is 1.97. The Morgan fingerprint density at radius 1 is 1.47 bits per heavy atom. The van der Waals surface area contributed by atoms with Gasteiger partial charge < -0.3 is 4.74 Å². The molecule has 0 bridgehead atoms. The highest BCUT2D eigenvalue weighted by Crippen LogP contribution is 2.22. The van der Waals surface area contributed by atoms with Crippen LogP contribution in [-0.4, -0.2) is 33.5 Å². The Balaban J connectivity index is 4.13. The smallest absolute Gasteiger partial charge is 0.422 e. The summed E-state index contributed by atoms with van der Waals surface area (Å²) in [6.07, 6.45) is -5.90. The lowest BCUT2D eigenvalue weighted by atomic mass is 10.4. The standard InChI is InChI=1S/C4H4ClF4NO4S/c5-15(12,13)10-3(11)14-1-4(8,9)2(6)7/h2H,1H2,(H,10,11). The zero-order valence-corrected chi connectivity index (χ0v) is 8.29. The summed E-state index contributed by atoms with van der Waals surface area (Å²) in [6.45, 7) is -1.96. The lowest BCUT2D eigenvalue weighted by Crippen LogP contribution is -2.36. The van der Waals surface area contributed by atoms with E-state index in [2.05, 4.69) is 15.4 Å². The van der Waals surface area contributed by atoms with Gasteiger partial charge in [0.2, 0.25) is 0 Å². The fourth-order valence-electron chi connectivity index (χ4n) is 0.354. The number of nitrogens with one attached hydrogen (secondary N) is 1. The Bertz CT molecular complexity index is 332. The second-order valence-corrected chi connectivity index (χ2v) is 4.48. The van der Waals surface area contributed by atoms with E-state index in [1.807, 2.05) is 0 Å². The molecule has 0 aromatic carbocycles. The lowest BCUT2D eigenvalue weighted by molar-refractivity contribution is -0.153. The van der Waals surface area contributed by atoms with Crippen molar-refractivity contribution in [2.45, 2.75) is 12.3 Å². The molecule has 1 amide bonds. The molecule has 0 radical (unpaired) electrons. The summed E-state index contributed by atoms with van der Waals surface area (Å²) in [6, 6.07) is 0. The molecule has 0 unspecified atom stereocenters. The molecule has 0 atom stereocenters. The van der Waals surface area contributed by atoms with Gasteiger partial charge >= 0.3 is 27.7 Å². The summed E-state index contributed by atoms with van der Waals surface area (Å²) in [4.78, 5) is 10.4. The molecule has 0 rings (SSSR count). The molecule has 0 spiro atoms. The van der Waals surface area contributed by atoms with Gasteiger partial charge in [0.25, 0.3) is 0 Å². The Labute approximate surface area is 85.9 Å². The third-order valence-corrected chi connectivity index (χ3v) is 1.56. The molecule has 1 N–H and O–H groups in total. The van der Waals surface area contributed by atoms with E-state index < -0.39 is 34.3 Å². The van der Waals surface area contributed by atoms with Crippen LogP contribution in [0.4, 0.5) is 22.4 Å². The van der Waals surface area contributed by atoms with Gasteiger partial charge in [0.1, 0.15) is 0 Å². The molecule has 5 nitrogen and oxygen atoms in total. The van der Waals surface area contributed by atoms with Gasteiger partial charge in [0.15, 0.2) is 6.61 Å². The molecule has 90 valence electrons. The molecule has 0 heterocycles. The first-order valence-electron chi connectivity index (χ1n) is 3.10. The van der Waals surface area contributed by atoms with Gasteiger partial charge in [-0.1, -0.05) is 0 Å². The molecule has 0 saturated carbocycles. The number of halogens is 5. The number of ether oxygens (including phenoxy) is 1. The molecule has 11 heteroatoms. The Morgan fingerprint density at radius 3 is 2.27 bits per heavy atom. The Hall–Kier alpha value is -0.770. The van der Waals surface area contributed by atoms with Crippen molar-refractivity contribution in [3.8, 4) is 0 Å². The van der Waals surface area contributed by atoms with Gasteiger partial charge in [-0.2, -0.15) is 17.2 Å². The highest BCUT2D eigenvalue weighted by molar-refractivity contribution is 8.12. The number of rotatable bonds is 4. The molecule has 0 aliphatic rings. The largest absolute Gasteiger partial charge is 0.442 e. The Kier molecular flexibility index (Phi) is 4.59. The van der Waals surface area contributed by atoms with Crippen molar-refractivity contribution in [1.82, 2.24) is 4.72 Å². The van der Waals surface area contributed by atoms with E-state index in [0.717, 1.165) is 4.72 Å². The van der Waals surface area contributed by atoms with E-state index >= 15 is 0 Å². The quantitative estimate of drug-likeness (QED) is 0.615. The van der Waals surface area contributed by atoms with Gasteiger partial charge in [-0.15, -0.1) is 0 Å². The maximum Gasteiger partial charge on any atom is 0.422 e. The predicted molar refractivity (Wildman–Crippen MR) is 40.2 cm³/mol. The van der Waals surface area contributed by atoms with E-state index in [-0.39, 0.29) is 0 Å². The van der Waals surface area contributed by atoms with Crippen LogP contribution in [0, 0.1) is 0 Å². The number of hydrogen-bond acceptors (Lipinski definition) is 4. The van der Waals surface area contributed by atoms with Crippen LogP contribution < -0.4 is 4.72 Å². The third kappa shape index (κ3) is 6.33. The van der Waals surface area contributed by atoms with Crippen molar-refractivity contribution < 1.29 is 35.5 Å². The molecule has 0 saturated heterocycles. The fourth-order valence-corrected chi connectivity index (χ4v) is 0.801. The minimum absolute atomic E-state index is 0.929. The van der Waals surface area contributed by atoms with E-state index in [1.165, 1.54) is 0 Å². The van der Waals surface area contributed by atoms with E-state index in [0.29, 0.717) is 0 Å². The number of alkyl halides is 4. The Morgan fingerprint density at radius 2 is 1.93 bits per heavy atom. The van der Waals surface area contributed by atoms with Crippen molar-refractivity contribution in [3.05, 3.63) is 0 Å². The first-order chi connectivity index (χ1) is 6.54. The maximum atomic E-state index is 12.1. The van der Waals surface area contributed by atoms with Crippen LogP contribution in [0.2, 0.25) is 0 Å². The lowest BCUT2D eigenvalue weighted by Gasteiger charge is -2.14. The maximum absolute atomic E-state index is 12.1. The van der Waals surface area contributed by atoms with E-state index in [4.69, 9.17) is 0 Å². The van der Waals surface area contributed by atoms with Crippen molar-refractivity contribution in [2.24, 2.45) is 0 Å². The number of hydrogen-bond donors (Lipinski definition) is 1. The second kappa shape index (κ2) is 4.84. The number of carbonyl (C=O) groups excluding carboxylic acids is 1. The summed E-state index contributed by atoms with van der Waals surface area (Å²) in [5, 5.41) is 0. The molecule has 15 heavy (non-hydrogen) atoms. The van der Waals surface area contributed by atoms with Crippen LogP contribution in [0.25, 0.3) is 0 Å². The highest BCUT2D eigenvalue weighted by atomic mass is 35.7. The normalized spacial score (nSPS) is 12.7. The van der Waals surface area contributed by atoms with E-state index in [9.17, 15) is 30.8 Å². The zero-order valence-electron chi connectivity index (χ0n) is 6.72. The van der Waals surface area contributed by atoms with Crippen LogP contribution in [0.15, 0.2) is 0 Å². The minimum Gasteiger partial charge on any atom is -0.442 e. The van der Waals surface area contributed by atoms with Crippen LogP contribution in [0.5, 0.6) is 0 Å². The monoisotopic (exact) mass is 273 g/mol. The number of carbonyl (C=O) groups is 1. The van der Waals surface area contributed by atoms with Gasteiger partial charge in [0.05, 0.1) is 0 Å². The SMILES string of the molecule is O=C(NS(=O)(=O)Cl)OCC(F)(F)C(F)F. The summed E-state index contributed by atoms with van der Waals surface area (Å²) in [7, 11) is -0.0308. The second-order valence-electron chi connectivity index (χ2n) is 2.18. The summed E-state index contributed by atoms with van der Waals surface area (Å²) in [5.74, 6) is -4.55. The number of amides is 1. The molecular weight excluding hydrogens is 270 g/mol. The van der Waals surface area contributed by atoms with Gasteiger partial charge in [0, 0.05) is 10.7 Å². The summed E-state index contributed by atoms with van der Waals surface area (Å²) < 4.78 is 71.9. The first-order valence-corrected chi connectivity index (χ1v) is 5.40. The molecule has 0 aromatic rings. The van der Waals surface area contributed by atoms with Crippen molar-refractivity contribution in [1.29, 1.82) is 0 Å². The fraction of sp³-hybridized carbons (Fsp3) is 0.750. The van der Waals surface area contributed by atoms with Gasteiger partial charge in [-0.3, -0.25) is 0 Å². The van der Waals surface area contributed by atoms with Crippen molar-refractivity contribution in [3.63, 3.8) is 0 Å². The molecule has 0 fully saturated rings. The van der Waals surface area contributed by atoms with Crippen molar-refractivity contribution in [2.75, 3.05) is 6.61 Å². The van der Waals surface area contributed by atoms with Gasteiger partial charge in [-0.25, -0.2) is 18.3 Å². The van der Waals surface area contributed by atoms with Crippen LogP contribution in [0.1, 0.15) is 0 Å². The zero-order chi connectivity index (χ0) is 12.3. The van der Waals surface area contributed by atoms with Crippen LogP contribution in [-0.2, 0) is 14.0 Å². The third-order valence-electron chi connectivity index (χ3n) is 0.920. The molecule has 0 aromatic heterocycles. The van der Waals surface area contributed by atoms with Gasteiger partial charge in [-0.05, 0) is 0 Å². The topological polar surface area (TPSA) is 72.5 Å². The van der Waals surface area contributed by atoms with E-state index in [1.54, 1.807) is 0 Å².